The summed E-state index contributed by atoms with van der Waals surface area (Å²) in [6.07, 6.45) is 10.3. The summed E-state index contributed by atoms with van der Waals surface area (Å²) in [5, 5.41) is 11.2. The van der Waals surface area contributed by atoms with Gasteiger partial charge in [0.2, 0.25) is 0 Å². The molecule has 6 rings (SSSR count). The van der Waals surface area contributed by atoms with Gasteiger partial charge in [-0.05, 0) is 111 Å². The minimum Gasteiger partial charge on any atom is -0.482 e. The van der Waals surface area contributed by atoms with Crippen LogP contribution in [-0.4, -0.2) is 74.3 Å². The van der Waals surface area contributed by atoms with Crippen LogP contribution in [0, 0.1) is 29.6 Å². The van der Waals surface area contributed by atoms with Crippen LogP contribution in [0.25, 0.3) is 0 Å². The van der Waals surface area contributed by atoms with Crippen molar-refractivity contribution in [2.24, 2.45) is 29.6 Å². The van der Waals surface area contributed by atoms with Crippen molar-refractivity contribution in [3.8, 4) is 5.75 Å². The first kappa shape index (κ1) is 30.1. The third kappa shape index (κ3) is 7.56. The summed E-state index contributed by atoms with van der Waals surface area (Å²) in [6, 6.07) is 6.07. The number of rotatable bonds is 13. The normalized spacial score (nSPS) is 30.7. The van der Waals surface area contributed by atoms with Crippen LogP contribution >= 0.6 is 0 Å². The molecule has 1 aromatic rings. The third-order valence-corrected chi connectivity index (χ3v) is 10.3. The second-order valence-electron chi connectivity index (χ2n) is 12.9. The number of fused-ring (bicyclic) bond motifs is 5. The fraction of sp³-hybridized carbons (Fsp3) is 0.758. The summed E-state index contributed by atoms with van der Waals surface area (Å²) in [4.78, 5) is 26.6. The molecule has 3 aliphatic heterocycles. The molecule has 5 aliphatic rings. The zero-order valence-electron chi connectivity index (χ0n) is 24.9. The molecule has 41 heavy (non-hydrogen) atoms. The van der Waals surface area contributed by atoms with Crippen molar-refractivity contribution in [2.75, 3.05) is 40.0 Å². The quantitative estimate of drug-likeness (QED) is 0.256. The van der Waals surface area contributed by atoms with Crippen molar-refractivity contribution >= 4 is 12.1 Å². The van der Waals surface area contributed by atoms with Crippen molar-refractivity contribution in [3.63, 3.8) is 0 Å². The Morgan fingerprint density at radius 1 is 1.10 bits per heavy atom. The molecule has 0 amide bonds. The van der Waals surface area contributed by atoms with E-state index in [4.69, 9.17) is 18.9 Å². The van der Waals surface area contributed by atoms with E-state index in [1.54, 1.807) is 0 Å². The van der Waals surface area contributed by atoms with E-state index < -0.39 is 12.1 Å². The van der Waals surface area contributed by atoms with Crippen LogP contribution in [0.4, 0.5) is 4.79 Å². The van der Waals surface area contributed by atoms with Gasteiger partial charge in [-0.1, -0.05) is 38.3 Å². The molecule has 1 saturated carbocycles. The average Bonchev–Trinajstić information content (AvgIpc) is 3.29. The smallest absolute Gasteiger partial charge is 0.482 e. The van der Waals surface area contributed by atoms with E-state index in [1.807, 2.05) is 12.1 Å². The Kier molecular flexibility index (Phi) is 10.5. The highest BCUT2D eigenvalue weighted by molar-refractivity contribution is 5.71. The second kappa shape index (κ2) is 14.2. The van der Waals surface area contributed by atoms with E-state index in [0.717, 1.165) is 95.2 Å². The van der Waals surface area contributed by atoms with Crippen LogP contribution in [-0.2, 0) is 31.8 Å². The number of unbranched alkanes of at least 4 members (excludes halogenated alkanes) is 2. The van der Waals surface area contributed by atoms with Gasteiger partial charge in [-0.2, -0.15) is 0 Å². The van der Waals surface area contributed by atoms with Gasteiger partial charge in [-0.3, -0.25) is 4.90 Å². The van der Waals surface area contributed by atoms with E-state index in [0.29, 0.717) is 24.4 Å². The van der Waals surface area contributed by atoms with Crippen LogP contribution in [0.3, 0.4) is 0 Å². The molecule has 8 heteroatoms. The molecule has 2 bridgehead atoms. The number of ether oxygens (including phenoxy) is 4. The Bertz CT molecular complexity index is 1020. The number of hydrogen-bond donors (Lipinski definition) is 1. The summed E-state index contributed by atoms with van der Waals surface area (Å²) < 4.78 is 22.0. The number of benzene rings is 1. The van der Waals surface area contributed by atoms with Gasteiger partial charge in [0, 0.05) is 6.54 Å². The molecule has 228 valence electrons. The lowest BCUT2D eigenvalue weighted by molar-refractivity contribution is -0.142. The van der Waals surface area contributed by atoms with E-state index >= 15 is 0 Å². The highest BCUT2D eigenvalue weighted by Gasteiger charge is 2.45. The molecule has 0 radical (unpaired) electrons. The summed E-state index contributed by atoms with van der Waals surface area (Å²) >= 11 is 0. The van der Waals surface area contributed by atoms with Crippen LogP contribution in [0.15, 0.2) is 18.2 Å². The first-order chi connectivity index (χ1) is 19.9. The van der Waals surface area contributed by atoms with Gasteiger partial charge in [0.15, 0.2) is 6.61 Å². The van der Waals surface area contributed by atoms with Crippen LogP contribution in [0.2, 0.25) is 0 Å². The first-order valence-corrected chi connectivity index (χ1v) is 16.0. The average molecular weight is 572 g/mol. The lowest BCUT2D eigenvalue weighted by Crippen LogP contribution is -2.52. The molecule has 3 heterocycles. The predicted octanol–water partition coefficient (Wildman–Crippen LogP) is 5.17. The molecule has 3 saturated heterocycles. The molecule has 2 aliphatic carbocycles. The molecular weight excluding hydrogens is 522 g/mol. The molecule has 0 aromatic heterocycles. The number of piperidine rings is 3. The molecular formula is C33H49NO7. The summed E-state index contributed by atoms with van der Waals surface area (Å²) in [5.74, 6) is 2.17. The largest absolute Gasteiger partial charge is 0.508 e. The summed E-state index contributed by atoms with van der Waals surface area (Å²) in [7, 11) is 1.36. The maximum Gasteiger partial charge on any atom is 0.508 e. The number of carbonyl (C=O) groups is 2. The Morgan fingerprint density at radius 3 is 2.66 bits per heavy atom. The lowest BCUT2D eigenvalue weighted by Gasteiger charge is -2.43. The van der Waals surface area contributed by atoms with Gasteiger partial charge >= 0.3 is 12.1 Å². The monoisotopic (exact) mass is 571 g/mol. The number of esters is 1. The second-order valence-corrected chi connectivity index (χ2v) is 12.9. The number of aliphatic hydroxyl groups is 1. The fourth-order valence-electron chi connectivity index (χ4n) is 7.94. The van der Waals surface area contributed by atoms with E-state index in [2.05, 4.69) is 17.9 Å². The number of carbonyl (C=O) groups excluding carboxylic acids is 2. The Labute approximate surface area is 245 Å². The SMILES string of the molecule is CCCCCC(CC[C@@H]1[C@H]2Cc3cccc(OCC(=O)OC)c3C[C@H]2C[C@H]1O)COC(=O)O[C@@H]1CN2CCC1CC2. The molecule has 6 atom stereocenters. The molecule has 1 aromatic carbocycles. The van der Waals surface area contributed by atoms with Gasteiger partial charge in [0.1, 0.15) is 11.9 Å². The molecule has 0 spiro atoms. The van der Waals surface area contributed by atoms with Crippen molar-refractivity contribution in [3.05, 3.63) is 29.3 Å². The van der Waals surface area contributed by atoms with Crippen LogP contribution in [0.1, 0.15) is 75.8 Å². The van der Waals surface area contributed by atoms with Gasteiger partial charge < -0.3 is 24.1 Å². The first-order valence-electron chi connectivity index (χ1n) is 16.0. The van der Waals surface area contributed by atoms with Crippen molar-refractivity contribution in [1.82, 2.24) is 4.90 Å². The molecule has 1 unspecified atom stereocenters. The van der Waals surface area contributed by atoms with E-state index in [9.17, 15) is 14.7 Å². The predicted molar refractivity (Wildman–Crippen MR) is 155 cm³/mol. The van der Waals surface area contributed by atoms with E-state index in [-0.39, 0.29) is 30.7 Å². The maximum atomic E-state index is 12.6. The van der Waals surface area contributed by atoms with E-state index in [1.165, 1.54) is 19.1 Å². The molecule has 4 fully saturated rings. The maximum absolute atomic E-state index is 12.6. The van der Waals surface area contributed by atoms with Crippen LogP contribution in [0.5, 0.6) is 5.75 Å². The topological polar surface area (TPSA) is 94.5 Å². The number of aliphatic hydroxyl groups excluding tert-OH is 1. The zero-order valence-corrected chi connectivity index (χ0v) is 24.9. The fourth-order valence-corrected chi connectivity index (χ4v) is 7.94. The minimum absolute atomic E-state index is 0.0327. The van der Waals surface area contributed by atoms with Gasteiger partial charge in [-0.25, -0.2) is 9.59 Å². The van der Waals surface area contributed by atoms with Gasteiger partial charge in [-0.15, -0.1) is 0 Å². The van der Waals surface area contributed by atoms with Gasteiger partial charge in [0.05, 0.1) is 19.8 Å². The van der Waals surface area contributed by atoms with Gasteiger partial charge in [0.25, 0.3) is 0 Å². The molecule has 1 N–H and O–H groups in total. The standard InChI is InChI=1S/C33H49NO7/c1-3-4-5-7-22(20-40-33(37)41-31-19-34-14-12-23(31)13-15-34)10-11-26-27-16-24-8-6-9-30(39-21-32(36)38-2)28(24)17-25(27)18-29(26)35/h6,8-9,22-23,25-27,29,31,35H,3-5,7,10-21H2,1-2H3/t22?,25-,26+,27-,29+,31+/m0/s1. The highest BCUT2D eigenvalue weighted by Crippen LogP contribution is 2.48. The Balaban J connectivity index is 1.15. The number of hydrogen-bond acceptors (Lipinski definition) is 8. The molecule has 8 nitrogen and oxygen atoms in total. The Hall–Kier alpha value is -2.32. The highest BCUT2D eigenvalue weighted by atomic mass is 16.7. The number of nitrogens with zero attached hydrogens (tertiary/aromatic N) is 1. The summed E-state index contributed by atoms with van der Waals surface area (Å²) in [5.41, 5.74) is 2.42. The van der Waals surface area contributed by atoms with Crippen molar-refractivity contribution < 1.29 is 33.6 Å². The van der Waals surface area contributed by atoms with Crippen LogP contribution < -0.4 is 4.74 Å². The number of methoxy groups -OCH3 is 1. The Morgan fingerprint density at radius 2 is 1.93 bits per heavy atom. The summed E-state index contributed by atoms with van der Waals surface area (Å²) in [6.45, 7) is 5.57. The van der Waals surface area contributed by atoms with Crippen molar-refractivity contribution in [2.45, 2.75) is 89.8 Å². The van der Waals surface area contributed by atoms with Crippen molar-refractivity contribution in [1.29, 1.82) is 0 Å². The minimum atomic E-state index is -0.515. The zero-order chi connectivity index (χ0) is 28.8. The third-order valence-electron chi connectivity index (χ3n) is 10.3. The lowest BCUT2D eigenvalue weighted by atomic mass is 9.73.